The molecule has 1 heterocycles. The van der Waals surface area contributed by atoms with Gasteiger partial charge in [0.25, 0.3) is 0 Å². The van der Waals surface area contributed by atoms with Crippen molar-refractivity contribution in [2.24, 2.45) is 0 Å². The lowest BCUT2D eigenvalue weighted by Gasteiger charge is -2.32. The van der Waals surface area contributed by atoms with Gasteiger partial charge in [-0.2, -0.15) is 0 Å². The van der Waals surface area contributed by atoms with E-state index in [0.29, 0.717) is 0 Å². The molecule has 0 saturated carbocycles. The Morgan fingerprint density at radius 3 is 1.84 bits per heavy atom. The van der Waals surface area contributed by atoms with Crippen LogP contribution in [-0.4, -0.2) is 4.57 Å². The van der Waals surface area contributed by atoms with E-state index >= 15 is 0 Å². The minimum atomic E-state index is 1.01. The molecule has 0 amide bonds. The third-order valence-electron chi connectivity index (χ3n) is 11.7. The fourth-order valence-electron chi connectivity index (χ4n) is 9.12. The number of rotatable bonds is 6. The first kappa shape index (κ1) is 32.3. The van der Waals surface area contributed by atoms with Crippen molar-refractivity contribution in [3.05, 3.63) is 217 Å². The molecule has 0 unspecified atom stereocenters. The molecule has 9 aromatic carbocycles. The molecule has 0 bridgehead atoms. The summed E-state index contributed by atoms with van der Waals surface area (Å²) in [5.41, 5.74) is 17.6. The Hall–Kier alpha value is -7.16. The molecule has 0 saturated heterocycles. The van der Waals surface area contributed by atoms with Gasteiger partial charge in [-0.1, -0.05) is 152 Å². The van der Waals surface area contributed by atoms with Gasteiger partial charge < -0.3 is 9.47 Å². The van der Waals surface area contributed by atoms with Crippen LogP contribution < -0.4 is 4.90 Å². The van der Waals surface area contributed by atoms with Gasteiger partial charge in [0.05, 0.1) is 16.7 Å². The lowest BCUT2D eigenvalue weighted by molar-refractivity contribution is 0.938. The van der Waals surface area contributed by atoms with Gasteiger partial charge in [0.15, 0.2) is 0 Å². The van der Waals surface area contributed by atoms with E-state index < -0.39 is 0 Å². The van der Waals surface area contributed by atoms with Crippen molar-refractivity contribution < 1.29 is 0 Å². The Labute approximate surface area is 327 Å². The fraction of sp³-hybridized carbons (Fsp3) is 0.0370. The maximum absolute atomic E-state index is 2.48. The van der Waals surface area contributed by atoms with Crippen LogP contribution in [0.3, 0.4) is 0 Å². The summed E-state index contributed by atoms with van der Waals surface area (Å²) >= 11 is 0. The average molecular weight is 715 g/mol. The van der Waals surface area contributed by atoms with Crippen LogP contribution >= 0.6 is 0 Å². The van der Waals surface area contributed by atoms with Crippen molar-refractivity contribution in [3.8, 4) is 39.1 Å². The third kappa shape index (κ3) is 5.26. The molecule has 56 heavy (non-hydrogen) atoms. The van der Waals surface area contributed by atoms with Crippen LogP contribution in [0.25, 0.3) is 71.6 Å². The van der Waals surface area contributed by atoms with Gasteiger partial charge in [-0.3, -0.25) is 0 Å². The molecule has 0 atom stereocenters. The minimum absolute atomic E-state index is 1.01. The molecule has 10 aromatic rings. The van der Waals surface area contributed by atoms with Crippen molar-refractivity contribution in [1.82, 2.24) is 4.57 Å². The Morgan fingerprint density at radius 1 is 0.357 bits per heavy atom. The van der Waals surface area contributed by atoms with Crippen molar-refractivity contribution in [1.29, 1.82) is 0 Å². The zero-order valence-electron chi connectivity index (χ0n) is 30.9. The van der Waals surface area contributed by atoms with Crippen LogP contribution in [0.15, 0.2) is 206 Å². The second-order valence-electron chi connectivity index (χ2n) is 14.8. The molecule has 264 valence electrons. The highest BCUT2D eigenvalue weighted by atomic mass is 15.1. The number of aryl methyl sites for hydroxylation is 1. The van der Waals surface area contributed by atoms with Crippen molar-refractivity contribution in [3.63, 3.8) is 0 Å². The molecule has 1 aromatic heterocycles. The van der Waals surface area contributed by atoms with Crippen molar-refractivity contribution in [2.45, 2.75) is 12.8 Å². The monoisotopic (exact) mass is 714 g/mol. The number of hydrogen-bond donors (Lipinski definition) is 0. The zero-order valence-corrected chi connectivity index (χ0v) is 30.9. The van der Waals surface area contributed by atoms with E-state index in [1.807, 2.05) is 0 Å². The van der Waals surface area contributed by atoms with Gasteiger partial charge in [0, 0.05) is 33.2 Å². The molecule has 2 nitrogen and oxygen atoms in total. The Bertz CT molecular complexity index is 3070. The maximum atomic E-state index is 2.48. The smallest absolute Gasteiger partial charge is 0.0541 e. The van der Waals surface area contributed by atoms with Crippen LogP contribution in [0.2, 0.25) is 0 Å². The first-order valence-electron chi connectivity index (χ1n) is 19.6. The number of fused-ring (bicyclic) bond motifs is 7. The van der Waals surface area contributed by atoms with Crippen LogP contribution in [0.5, 0.6) is 0 Å². The van der Waals surface area contributed by atoms with E-state index in [4.69, 9.17) is 0 Å². The summed E-state index contributed by atoms with van der Waals surface area (Å²) in [6, 6.07) is 75.5. The van der Waals surface area contributed by atoms with Gasteiger partial charge >= 0.3 is 0 Å². The molecular formula is C54H38N2. The summed E-state index contributed by atoms with van der Waals surface area (Å²) in [6.07, 6.45) is 2.06. The largest absolute Gasteiger partial charge is 0.310 e. The first-order chi connectivity index (χ1) is 27.8. The lowest BCUT2D eigenvalue weighted by atomic mass is 9.84. The molecule has 1 aliphatic rings. The van der Waals surface area contributed by atoms with E-state index in [-0.39, 0.29) is 0 Å². The fourth-order valence-corrected chi connectivity index (χ4v) is 9.12. The van der Waals surface area contributed by atoms with Crippen LogP contribution in [0.1, 0.15) is 11.1 Å². The quantitative estimate of drug-likeness (QED) is 0.166. The van der Waals surface area contributed by atoms with Gasteiger partial charge in [-0.05, 0) is 117 Å². The average Bonchev–Trinajstić information content (AvgIpc) is 3.61. The molecule has 0 fully saturated rings. The van der Waals surface area contributed by atoms with E-state index in [1.54, 1.807) is 0 Å². The summed E-state index contributed by atoms with van der Waals surface area (Å²) in [5.74, 6) is 0. The van der Waals surface area contributed by atoms with Crippen molar-refractivity contribution in [2.75, 3.05) is 4.90 Å². The van der Waals surface area contributed by atoms with Crippen LogP contribution in [-0.2, 0) is 12.8 Å². The van der Waals surface area contributed by atoms with E-state index in [1.165, 1.54) is 94.1 Å². The predicted octanol–water partition coefficient (Wildman–Crippen LogP) is 14.5. The number of nitrogens with zero attached hydrogens (tertiary/aromatic N) is 2. The predicted molar refractivity (Wildman–Crippen MR) is 237 cm³/mol. The molecule has 0 radical (unpaired) electrons. The highest BCUT2D eigenvalue weighted by Gasteiger charge is 2.24. The molecule has 0 spiro atoms. The van der Waals surface area contributed by atoms with E-state index in [0.717, 1.165) is 18.5 Å². The Balaban J connectivity index is 1.00. The second-order valence-corrected chi connectivity index (χ2v) is 14.8. The molecule has 0 aliphatic heterocycles. The highest BCUT2D eigenvalue weighted by Crippen LogP contribution is 2.47. The van der Waals surface area contributed by atoms with Crippen molar-refractivity contribution >= 4 is 49.6 Å². The zero-order chi connectivity index (χ0) is 37.0. The third-order valence-corrected chi connectivity index (χ3v) is 11.7. The number of anilines is 3. The minimum Gasteiger partial charge on any atom is -0.310 e. The molecular weight excluding hydrogens is 677 g/mol. The lowest BCUT2D eigenvalue weighted by Crippen LogP contribution is -2.15. The number of hydrogen-bond acceptors (Lipinski definition) is 1. The SMILES string of the molecule is c1ccc(N(c2cccc3c2CCc2ccccc2-3)c2ccc(-c3ccc(-c4ccc5c(c4)c4ccccc4n5-c4ccccc4)cc3)c3ccccc23)cc1. The van der Waals surface area contributed by atoms with Gasteiger partial charge in [-0.25, -0.2) is 0 Å². The molecule has 1 aliphatic carbocycles. The number of benzene rings is 9. The summed E-state index contributed by atoms with van der Waals surface area (Å²) in [5, 5.41) is 5.00. The Morgan fingerprint density at radius 2 is 1.00 bits per heavy atom. The topological polar surface area (TPSA) is 8.17 Å². The molecule has 0 N–H and O–H groups in total. The van der Waals surface area contributed by atoms with E-state index in [2.05, 4.69) is 216 Å². The number of aromatic nitrogens is 1. The van der Waals surface area contributed by atoms with Gasteiger partial charge in [0.2, 0.25) is 0 Å². The van der Waals surface area contributed by atoms with Gasteiger partial charge in [-0.15, -0.1) is 0 Å². The molecule has 2 heteroatoms. The summed E-state index contributed by atoms with van der Waals surface area (Å²) in [6.45, 7) is 0. The standard InChI is InChI=1S/C54H38N2/c1-3-15-41(16-4-1)55(52-25-13-23-46-43-19-8-7-14-38(43)30-32-49(46)52)53-35-33-44(45-20-9-10-21-47(45)53)39-28-26-37(27-29-39)40-31-34-54-50(36-40)48-22-11-12-24-51(48)56(54)42-17-5-2-6-18-42/h1-29,31,33-36H,30,32H2. The van der Waals surface area contributed by atoms with Gasteiger partial charge in [0.1, 0.15) is 0 Å². The number of para-hydroxylation sites is 3. The summed E-state index contributed by atoms with van der Waals surface area (Å²) < 4.78 is 2.37. The first-order valence-corrected chi connectivity index (χ1v) is 19.6. The van der Waals surface area contributed by atoms with E-state index in [9.17, 15) is 0 Å². The summed E-state index contributed by atoms with van der Waals surface area (Å²) in [7, 11) is 0. The van der Waals surface area contributed by atoms with Crippen LogP contribution in [0.4, 0.5) is 17.1 Å². The second kappa shape index (κ2) is 13.3. The maximum Gasteiger partial charge on any atom is 0.0541 e. The van der Waals surface area contributed by atoms with Crippen LogP contribution in [0, 0.1) is 0 Å². The summed E-state index contributed by atoms with van der Waals surface area (Å²) in [4.78, 5) is 2.48. The molecule has 11 rings (SSSR count). The Kier molecular flexibility index (Phi) is 7.67. The normalized spacial score (nSPS) is 12.1. The highest BCUT2D eigenvalue weighted by molar-refractivity contribution is 6.11.